The summed E-state index contributed by atoms with van der Waals surface area (Å²) < 4.78 is 18.6. The van der Waals surface area contributed by atoms with E-state index < -0.39 is 0 Å². The quantitative estimate of drug-likeness (QED) is 0.926. The van der Waals surface area contributed by atoms with Crippen molar-refractivity contribution in [3.05, 3.63) is 58.6 Å². The maximum absolute atomic E-state index is 13.0. The van der Waals surface area contributed by atoms with E-state index in [2.05, 4.69) is 4.98 Å². The summed E-state index contributed by atoms with van der Waals surface area (Å²) in [5.41, 5.74) is 6.98. The summed E-state index contributed by atoms with van der Waals surface area (Å²) >= 11 is 5.96. The second-order valence-corrected chi connectivity index (χ2v) is 4.12. The van der Waals surface area contributed by atoms with Crippen LogP contribution in [0.25, 0.3) is 0 Å². The number of ether oxygens (including phenoxy) is 1. The van der Waals surface area contributed by atoms with Gasteiger partial charge >= 0.3 is 0 Å². The van der Waals surface area contributed by atoms with E-state index in [0.717, 1.165) is 5.56 Å². The maximum atomic E-state index is 13.0. The number of hydrogen-bond acceptors (Lipinski definition) is 3. The van der Waals surface area contributed by atoms with E-state index in [1.807, 2.05) is 0 Å². The van der Waals surface area contributed by atoms with Crippen molar-refractivity contribution in [3.63, 3.8) is 0 Å². The topological polar surface area (TPSA) is 48.1 Å². The molecule has 0 aliphatic heterocycles. The fourth-order valence-electron chi connectivity index (χ4n) is 1.52. The van der Waals surface area contributed by atoms with Crippen LogP contribution in [0.3, 0.4) is 0 Å². The minimum atomic E-state index is -0.329. The number of rotatable bonds is 4. The van der Waals surface area contributed by atoms with E-state index in [1.54, 1.807) is 24.5 Å². The lowest BCUT2D eigenvalue weighted by atomic mass is 10.2. The molecule has 0 saturated carbocycles. The Morgan fingerprint density at radius 3 is 2.83 bits per heavy atom. The molecule has 0 unspecified atom stereocenters. The van der Waals surface area contributed by atoms with Crippen LogP contribution in [0.5, 0.6) is 5.75 Å². The first-order valence-corrected chi connectivity index (χ1v) is 5.78. The second kappa shape index (κ2) is 5.80. The Morgan fingerprint density at radius 1 is 1.28 bits per heavy atom. The lowest BCUT2D eigenvalue weighted by Gasteiger charge is -2.11. The summed E-state index contributed by atoms with van der Waals surface area (Å²) in [6, 6.07) is 6.03. The van der Waals surface area contributed by atoms with Gasteiger partial charge < -0.3 is 10.5 Å². The van der Waals surface area contributed by atoms with Crippen molar-refractivity contribution in [2.24, 2.45) is 5.73 Å². The van der Waals surface area contributed by atoms with Gasteiger partial charge in [-0.3, -0.25) is 4.98 Å². The molecule has 1 aromatic carbocycles. The van der Waals surface area contributed by atoms with Gasteiger partial charge in [-0.1, -0.05) is 11.6 Å². The number of nitrogens with zero attached hydrogens (tertiary/aromatic N) is 1. The number of halogens is 2. The number of hydrogen-bond donors (Lipinski definition) is 1. The van der Waals surface area contributed by atoms with Gasteiger partial charge in [0.05, 0.1) is 5.02 Å². The molecule has 0 radical (unpaired) electrons. The van der Waals surface area contributed by atoms with E-state index in [-0.39, 0.29) is 12.4 Å². The van der Waals surface area contributed by atoms with Gasteiger partial charge in [0.15, 0.2) is 0 Å². The van der Waals surface area contributed by atoms with E-state index in [1.165, 1.54) is 12.1 Å². The maximum Gasteiger partial charge on any atom is 0.124 e. The van der Waals surface area contributed by atoms with Gasteiger partial charge in [-0.2, -0.15) is 0 Å². The highest BCUT2D eigenvalue weighted by atomic mass is 35.5. The highest BCUT2D eigenvalue weighted by Gasteiger charge is 2.06. The summed E-state index contributed by atoms with van der Waals surface area (Å²) in [5.74, 6) is 0.233. The monoisotopic (exact) mass is 266 g/mol. The molecule has 0 fully saturated rings. The first-order valence-electron chi connectivity index (χ1n) is 5.40. The Balaban J connectivity index is 2.13. The van der Waals surface area contributed by atoms with Crippen LogP contribution in [0, 0.1) is 5.82 Å². The SMILES string of the molecule is NCc1cc(F)ccc1OCc1ccncc1Cl. The normalized spacial score (nSPS) is 10.4. The van der Waals surface area contributed by atoms with E-state index >= 15 is 0 Å². The molecule has 0 atom stereocenters. The predicted molar refractivity (Wildman–Crippen MR) is 67.9 cm³/mol. The lowest BCUT2D eigenvalue weighted by molar-refractivity contribution is 0.302. The first kappa shape index (κ1) is 12.8. The van der Waals surface area contributed by atoms with E-state index in [4.69, 9.17) is 22.1 Å². The van der Waals surface area contributed by atoms with Gasteiger partial charge in [0, 0.05) is 30.1 Å². The van der Waals surface area contributed by atoms with E-state index in [0.29, 0.717) is 22.9 Å². The smallest absolute Gasteiger partial charge is 0.124 e. The van der Waals surface area contributed by atoms with Crippen LogP contribution in [0.1, 0.15) is 11.1 Å². The number of aromatic nitrogens is 1. The van der Waals surface area contributed by atoms with Crippen LogP contribution in [0.4, 0.5) is 4.39 Å². The van der Waals surface area contributed by atoms with Crippen LogP contribution in [-0.4, -0.2) is 4.98 Å². The molecular formula is C13H12ClFN2O. The van der Waals surface area contributed by atoms with Crippen LogP contribution < -0.4 is 10.5 Å². The molecule has 0 aliphatic carbocycles. The summed E-state index contributed by atoms with van der Waals surface area (Å²) in [4.78, 5) is 3.89. The van der Waals surface area contributed by atoms with Gasteiger partial charge in [0.2, 0.25) is 0 Å². The van der Waals surface area contributed by atoms with Crippen molar-refractivity contribution in [1.82, 2.24) is 4.98 Å². The zero-order valence-electron chi connectivity index (χ0n) is 9.57. The van der Waals surface area contributed by atoms with Crippen molar-refractivity contribution in [2.75, 3.05) is 0 Å². The highest BCUT2D eigenvalue weighted by molar-refractivity contribution is 6.31. The molecule has 94 valence electrons. The van der Waals surface area contributed by atoms with Crippen LogP contribution >= 0.6 is 11.6 Å². The Kier molecular flexibility index (Phi) is 4.12. The molecule has 3 nitrogen and oxygen atoms in total. The van der Waals surface area contributed by atoms with Crippen molar-refractivity contribution in [3.8, 4) is 5.75 Å². The minimum Gasteiger partial charge on any atom is -0.489 e. The summed E-state index contributed by atoms with van der Waals surface area (Å²) in [7, 11) is 0. The molecule has 2 aromatic rings. The second-order valence-electron chi connectivity index (χ2n) is 3.71. The molecule has 0 bridgehead atoms. The summed E-state index contributed by atoms with van der Waals surface area (Å²) in [6.45, 7) is 0.511. The molecule has 0 aliphatic rings. The van der Waals surface area contributed by atoms with Crippen LogP contribution in [-0.2, 0) is 13.2 Å². The molecule has 1 aromatic heterocycles. The molecule has 2 N–H and O–H groups in total. The van der Waals surface area contributed by atoms with Crippen molar-refractivity contribution < 1.29 is 9.13 Å². The Hall–Kier alpha value is -1.65. The van der Waals surface area contributed by atoms with Crippen molar-refractivity contribution in [2.45, 2.75) is 13.2 Å². The molecule has 0 saturated heterocycles. The zero-order valence-corrected chi connectivity index (χ0v) is 10.3. The van der Waals surface area contributed by atoms with Gasteiger partial charge in [0.1, 0.15) is 18.2 Å². The Bertz CT molecular complexity index is 548. The average Bonchev–Trinajstić information content (AvgIpc) is 2.39. The first-order chi connectivity index (χ1) is 8.70. The molecule has 0 spiro atoms. The fourth-order valence-corrected chi connectivity index (χ4v) is 1.70. The molecule has 0 amide bonds. The fraction of sp³-hybridized carbons (Fsp3) is 0.154. The van der Waals surface area contributed by atoms with Gasteiger partial charge in [-0.05, 0) is 24.3 Å². The molecular weight excluding hydrogens is 255 g/mol. The zero-order chi connectivity index (χ0) is 13.0. The Labute approximate surface area is 109 Å². The standard InChI is InChI=1S/C13H12ClFN2O/c14-12-7-17-4-3-9(12)8-18-13-2-1-11(15)5-10(13)6-16/h1-5,7H,6,8,16H2. The van der Waals surface area contributed by atoms with Crippen LogP contribution in [0.15, 0.2) is 36.7 Å². The molecule has 18 heavy (non-hydrogen) atoms. The molecule has 2 rings (SSSR count). The van der Waals surface area contributed by atoms with Gasteiger partial charge in [-0.25, -0.2) is 4.39 Å². The largest absolute Gasteiger partial charge is 0.489 e. The van der Waals surface area contributed by atoms with Crippen molar-refractivity contribution in [1.29, 1.82) is 0 Å². The number of pyridine rings is 1. The number of nitrogens with two attached hydrogens (primary N) is 1. The third-order valence-electron chi connectivity index (χ3n) is 2.48. The van der Waals surface area contributed by atoms with Gasteiger partial charge in [-0.15, -0.1) is 0 Å². The highest BCUT2D eigenvalue weighted by Crippen LogP contribution is 2.22. The van der Waals surface area contributed by atoms with Crippen LogP contribution in [0.2, 0.25) is 5.02 Å². The third-order valence-corrected chi connectivity index (χ3v) is 2.82. The lowest BCUT2D eigenvalue weighted by Crippen LogP contribution is -2.03. The van der Waals surface area contributed by atoms with Crippen molar-refractivity contribution >= 4 is 11.6 Å². The average molecular weight is 267 g/mol. The molecule has 5 heteroatoms. The Morgan fingerprint density at radius 2 is 2.11 bits per heavy atom. The molecule has 1 heterocycles. The van der Waals surface area contributed by atoms with E-state index in [9.17, 15) is 4.39 Å². The summed E-state index contributed by atoms with van der Waals surface area (Å²) in [6.07, 6.45) is 3.19. The minimum absolute atomic E-state index is 0.219. The number of benzene rings is 1. The summed E-state index contributed by atoms with van der Waals surface area (Å²) in [5, 5.41) is 0.536. The predicted octanol–water partition coefficient (Wildman–Crippen LogP) is 2.91. The van der Waals surface area contributed by atoms with Gasteiger partial charge in [0.25, 0.3) is 0 Å². The third kappa shape index (κ3) is 2.97.